The largest absolute Gasteiger partial charge is 0.497 e. The summed E-state index contributed by atoms with van der Waals surface area (Å²) in [4.78, 5) is 16.5. The van der Waals surface area contributed by atoms with Crippen LogP contribution in [-0.4, -0.2) is 31.1 Å². The summed E-state index contributed by atoms with van der Waals surface area (Å²) in [5.74, 6) is 0.382. The topological polar surface area (TPSA) is 63.2 Å². The molecule has 2 aromatic carbocycles. The predicted octanol–water partition coefficient (Wildman–Crippen LogP) is 3.86. The van der Waals surface area contributed by atoms with Crippen LogP contribution in [0.4, 0.5) is 10.1 Å². The van der Waals surface area contributed by atoms with E-state index in [0.29, 0.717) is 37.2 Å². The Balaban J connectivity index is 1.44. The van der Waals surface area contributed by atoms with E-state index in [1.807, 2.05) is 30.3 Å². The highest BCUT2D eigenvalue weighted by Crippen LogP contribution is 2.13. The van der Waals surface area contributed by atoms with E-state index in [0.717, 1.165) is 17.0 Å². The van der Waals surface area contributed by atoms with Gasteiger partial charge >= 0.3 is 0 Å². The van der Waals surface area contributed by atoms with Crippen LogP contribution in [0.15, 0.2) is 66.9 Å². The summed E-state index contributed by atoms with van der Waals surface area (Å²) in [5.41, 5.74) is 2.90. The molecule has 150 valence electrons. The van der Waals surface area contributed by atoms with Gasteiger partial charge < -0.3 is 15.4 Å². The standard InChI is InChI=1S/C23H24FN3O2/c1-29-20-7-4-5-17(15-20)11-13-26-23(28)22-10-9-19(16-27-22)25-14-12-18-6-2-3-8-21(18)24/h2-10,15-16,25H,11-14H2,1H3,(H,26,28). The quantitative estimate of drug-likeness (QED) is 0.580. The summed E-state index contributed by atoms with van der Waals surface area (Å²) in [6.45, 7) is 1.09. The first-order valence-electron chi connectivity index (χ1n) is 9.50. The fourth-order valence-electron chi connectivity index (χ4n) is 2.91. The number of pyridine rings is 1. The SMILES string of the molecule is COc1cccc(CCNC(=O)c2ccc(NCCc3ccccc3F)cn2)c1. The van der Waals surface area contributed by atoms with E-state index in [4.69, 9.17) is 4.74 Å². The monoisotopic (exact) mass is 393 g/mol. The lowest BCUT2D eigenvalue weighted by Crippen LogP contribution is -2.26. The molecule has 5 nitrogen and oxygen atoms in total. The van der Waals surface area contributed by atoms with Crippen molar-refractivity contribution in [3.8, 4) is 5.75 Å². The molecule has 0 aliphatic carbocycles. The van der Waals surface area contributed by atoms with Crippen molar-refractivity contribution in [3.63, 3.8) is 0 Å². The van der Waals surface area contributed by atoms with E-state index in [1.165, 1.54) is 6.07 Å². The molecule has 3 aromatic rings. The highest BCUT2D eigenvalue weighted by Gasteiger charge is 2.07. The molecule has 6 heteroatoms. The van der Waals surface area contributed by atoms with Gasteiger partial charge in [-0.2, -0.15) is 0 Å². The van der Waals surface area contributed by atoms with Crippen LogP contribution in [0.3, 0.4) is 0 Å². The van der Waals surface area contributed by atoms with E-state index in [2.05, 4.69) is 15.6 Å². The maximum atomic E-state index is 13.6. The zero-order valence-electron chi connectivity index (χ0n) is 16.3. The Kier molecular flexibility index (Phi) is 7.16. The van der Waals surface area contributed by atoms with E-state index in [9.17, 15) is 9.18 Å². The number of anilines is 1. The molecule has 0 fully saturated rings. The highest BCUT2D eigenvalue weighted by atomic mass is 19.1. The molecule has 1 aromatic heterocycles. The molecule has 0 aliphatic heterocycles. The first kappa shape index (κ1) is 20.3. The Morgan fingerprint density at radius 2 is 1.90 bits per heavy atom. The Labute approximate surface area is 169 Å². The second kappa shape index (κ2) is 10.2. The second-order valence-electron chi connectivity index (χ2n) is 6.56. The number of amides is 1. The van der Waals surface area contributed by atoms with Crippen LogP contribution in [0.5, 0.6) is 5.75 Å². The van der Waals surface area contributed by atoms with Gasteiger partial charge in [-0.15, -0.1) is 0 Å². The number of methoxy groups -OCH3 is 1. The van der Waals surface area contributed by atoms with Crippen LogP contribution in [-0.2, 0) is 12.8 Å². The number of hydrogen-bond donors (Lipinski definition) is 2. The molecule has 29 heavy (non-hydrogen) atoms. The molecule has 1 heterocycles. The Morgan fingerprint density at radius 1 is 1.03 bits per heavy atom. The molecule has 0 radical (unpaired) electrons. The van der Waals surface area contributed by atoms with Crippen LogP contribution in [0.2, 0.25) is 0 Å². The van der Waals surface area contributed by atoms with Gasteiger partial charge in [-0.05, 0) is 54.3 Å². The van der Waals surface area contributed by atoms with Crippen molar-refractivity contribution in [2.45, 2.75) is 12.8 Å². The fourth-order valence-corrected chi connectivity index (χ4v) is 2.91. The number of aromatic nitrogens is 1. The van der Waals surface area contributed by atoms with E-state index in [1.54, 1.807) is 37.6 Å². The molecule has 0 unspecified atom stereocenters. The van der Waals surface area contributed by atoms with Crippen molar-refractivity contribution >= 4 is 11.6 Å². The minimum absolute atomic E-state index is 0.201. The minimum Gasteiger partial charge on any atom is -0.497 e. The number of nitrogens with one attached hydrogen (secondary N) is 2. The molecular weight excluding hydrogens is 369 g/mol. The summed E-state index contributed by atoms with van der Waals surface area (Å²) < 4.78 is 18.8. The number of hydrogen-bond acceptors (Lipinski definition) is 4. The number of nitrogens with zero attached hydrogens (tertiary/aromatic N) is 1. The Morgan fingerprint density at radius 3 is 2.66 bits per heavy atom. The molecule has 0 spiro atoms. The highest BCUT2D eigenvalue weighted by molar-refractivity contribution is 5.92. The summed E-state index contributed by atoms with van der Waals surface area (Å²) in [6, 6.07) is 18.0. The average molecular weight is 393 g/mol. The summed E-state index contributed by atoms with van der Waals surface area (Å²) in [5, 5.41) is 6.06. The van der Waals surface area contributed by atoms with Gasteiger partial charge in [0.1, 0.15) is 17.3 Å². The molecule has 0 saturated heterocycles. The number of halogens is 1. The third kappa shape index (κ3) is 6.04. The van der Waals surface area contributed by atoms with Crippen molar-refractivity contribution in [2.75, 3.05) is 25.5 Å². The molecule has 0 aliphatic rings. The van der Waals surface area contributed by atoms with Gasteiger partial charge in [0.15, 0.2) is 0 Å². The molecule has 0 saturated carbocycles. The average Bonchev–Trinajstić information content (AvgIpc) is 2.75. The molecule has 2 N–H and O–H groups in total. The Hall–Kier alpha value is -3.41. The Bertz CT molecular complexity index is 945. The summed E-state index contributed by atoms with van der Waals surface area (Å²) in [7, 11) is 1.63. The van der Waals surface area contributed by atoms with E-state index < -0.39 is 0 Å². The van der Waals surface area contributed by atoms with Crippen molar-refractivity contribution in [1.82, 2.24) is 10.3 Å². The third-order valence-electron chi connectivity index (χ3n) is 4.51. The lowest BCUT2D eigenvalue weighted by Gasteiger charge is -2.09. The lowest BCUT2D eigenvalue weighted by atomic mass is 10.1. The van der Waals surface area contributed by atoms with Crippen LogP contribution in [0.25, 0.3) is 0 Å². The number of rotatable bonds is 9. The predicted molar refractivity (Wildman–Crippen MR) is 112 cm³/mol. The molecule has 1 amide bonds. The first-order valence-corrected chi connectivity index (χ1v) is 9.50. The van der Waals surface area contributed by atoms with Gasteiger partial charge in [-0.1, -0.05) is 30.3 Å². The van der Waals surface area contributed by atoms with Gasteiger partial charge in [0.2, 0.25) is 0 Å². The van der Waals surface area contributed by atoms with Crippen molar-refractivity contribution in [3.05, 3.63) is 89.5 Å². The zero-order chi connectivity index (χ0) is 20.5. The molecule has 3 rings (SSSR count). The van der Waals surface area contributed by atoms with Crippen molar-refractivity contribution in [2.24, 2.45) is 0 Å². The van der Waals surface area contributed by atoms with E-state index >= 15 is 0 Å². The first-order chi connectivity index (χ1) is 14.2. The lowest BCUT2D eigenvalue weighted by molar-refractivity contribution is 0.0949. The van der Waals surface area contributed by atoms with Gasteiger partial charge in [-0.25, -0.2) is 9.37 Å². The zero-order valence-corrected chi connectivity index (χ0v) is 16.3. The number of benzene rings is 2. The smallest absolute Gasteiger partial charge is 0.269 e. The molecule has 0 bridgehead atoms. The maximum Gasteiger partial charge on any atom is 0.269 e. The summed E-state index contributed by atoms with van der Waals surface area (Å²) >= 11 is 0. The van der Waals surface area contributed by atoms with Gasteiger partial charge in [-0.3, -0.25) is 4.79 Å². The normalized spacial score (nSPS) is 10.4. The third-order valence-corrected chi connectivity index (χ3v) is 4.51. The second-order valence-corrected chi connectivity index (χ2v) is 6.56. The molecule has 0 atom stereocenters. The minimum atomic E-state index is -0.217. The van der Waals surface area contributed by atoms with Crippen LogP contribution in [0, 0.1) is 5.82 Å². The fraction of sp³-hybridized carbons (Fsp3) is 0.217. The van der Waals surface area contributed by atoms with Crippen LogP contribution in [0.1, 0.15) is 21.6 Å². The van der Waals surface area contributed by atoms with Crippen LogP contribution < -0.4 is 15.4 Å². The van der Waals surface area contributed by atoms with E-state index in [-0.39, 0.29) is 11.7 Å². The summed E-state index contributed by atoms with van der Waals surface area (Å²) in [6.07, 6.45) is 2.89. The number of ether oxygens (including phenoxy) is 1. The molecular formula is C23H24FN3O2. The number of carbonyl (C=O) groups excluding carboxylic acids is 1. The number of carbonyl (C=O) groups is 1. The maximum absolute atomic E-state index is 13.6. The van der Waals surface area contributed by atoms with Crippen LogP contribution >= 0.6 is 0 Å². The van der Waals surface area contributed by atoms with Crippen molar-refractivity contribution < 1.29 is 13.9 Å². The van der Waals surface area contributed by atoms with Crippen molar-refractivity contribution in [1.29, 1.82) is 0 Å². The van der Waals surface area contributed by atoms with Gasteiger partial charge in [0, 0.05) is 13.1 Å². The van der Waals surface area contributed by atoms with Gasteiger partial charge in [0.25, 0.3) is 5.91 Å². The van der Waals surface area contributed by atoms with Gasteiger partial charge in [0.05, 0.1) is 19.0 Å².